The fourth-order valence-electron chi connectivity index (χ4n) is 3.06. The molecule has 2 aromatic carbocycles. The van der Waals surface area contributed by atoms with E-state index in [1.807, 2.05) is 24.3 Å². The normalized spacial score (nSPS) is 15.0. The fourth-order valence-corrected chi connectivity index (χ4v) is 3.06. The first kappa shape index (κ1) is 20.3. The number of ether oxygens (including phenoxy) is 1. The van der Waals surface area contributed by atoms with Crippen LogP contribution in [-0.4, -0.2) is 40.9 Å². The molecule has 3 rings (SSSR count). The minimum atomic E-state index is -1.24. The Labute approximate surface area is 169 Å². The third-order valence-electron chi connectivity index (χ3n) is 4.62. The standard InChI is InChI=1S/C23H23NO5/c1-15(2)11-12-29-17-9-7-16(8-10-17)13-20-18-5-3-4-6-19(18)22(27)24(23(20)28)14-21(25)26/h3-10,13,15H,11-12,14H2,1-2H3,(H,25,26)/b20-13-. The van der Waals surface area contributed by atoms with E-state index < -0.39 is 24.3 Å². The smallest absolute Gasteiger partial charge is 0.323 e. The highest BCUT2D eigenvalue weighted by atomic mass is 16.5. The van der Waals surface area contributed by atoms with Gasteiger partial charge in [-0.1, -0.05) is 44.2 Å². The Hall–Kier alpha value is -3.41. The van der Waals surface area contributed by atoms with Gasteiger partial charge in [0, 0.05) is 11.1 Å². The highest BCUT2D eigenvalue weighted by molar-refractivity contribution is 6.34. The first-order valence-corrected chi connectivity index (χ1v) is 9.48. The number of amides is 2. The van der Waals surface area contributed by atoms with Gasteiger partial charge in [-0.15, -0.1) is 0 Å². The summed E-state index contributed by atoms with van der Waals surface area (Å²) in [6.07, 6.45) is 2.63. The molecule has 1 aliphatic rings. The van der Waals surface area contributed by atoms with Gasteiger partial charge < -0.3 is 9.84 Å². The van der Waals surface area contributed by atoms with E-state index >= 15 is 0 Å². The largest absolute Gasteiger partial charge is 0.494 e. The van der Waals surface area contributed by atoms with E-state index in [0.29, 0.717) is 23.7 Å². The molecule has 0 fully saturated rings. The number of fused-ring (bicyclic) bond motifs is 1. The Bertz CT molecular complexity index is 959. The fraction of sp³-hybridized carbons (Fsp3) is 0.261. The van der Waals surface area contributed by atoms with Crippen molar-refractivity contribution in [2.24, 2.45) is 5.92 Å². The number of carboxylic acid groups (broad SMARTS) is 1. The van der Waals surface area contributed by atoms with Gasteiger partial charge in [-0.3, -0.25) is 19.3 Å². The number of hydrogen-bond acceptors (Lipinski definition) is 4. The van der Waals surface area contributed by atoms with E-state index in [0.717, 1.165) is 22.6 Å². The van der Waals surface area contributed by atoms with Crippen LogP contribution in [0.2, 0.25) is 0 Å². The first-order valence-electron chi connectivity index (χ1n) is 9.48. The zero-order valence-electron chi connectivity index (χ0n) is 16.4. The molecule has 0 saturated carbocycles. The van der Waals surface area contributed by atoms with Crippen LogP contribution in [-0.2, 0) is 9.59 Å². The molecule has 0 unspecified atom stereocenters. The van der Waals surface area contributed by atoms with Crippen LogP contribution in [0.5, 0.6) is 5.75 Å². The van der Waals surface area contributed by atoms with Crippen LogP contribution < -0.4 is 4.74 Å². The molecule has 0 spiro atoms. The van der Waals surface area contributed by atoms with Crippen molar-refractivity contribution in [2.75, 3.05) is 13.2 Å². The van der Waals surface area contributed by atoms with Crippen LogP contribution in [0.15, 0.2) is 48.5 Å². The first-order chi connectivity index (χ1) is 13.9. The molecule has 29 heavy (non-hydrogen) atoms. The highest BCUT2D eigenvalue weighted by Gasteiger charge is 2.35. The molecule has 6 heteroatoms. The van der Waals surface area contributed by atoms with Crippen LogP contribution in [0.1, 0.15) is 41.8 Å². The SMILES string of the molecule is CC(C)CCOc1ccc(/C=C2\C(=O)N(CC(=O)O)C(=O)c3ccccc32)cc1. The number of carboxylic acids is 1. The highest BCUT2D eigenvalue weighted by Crippen LogP contribution is 2.30. The number of benzene rings is 2. The molecule has 0 aliphatic carbocycles. The van der Waals surface area contributed by atoms with E-state index in [2.05, 4.69) is 13.8 Å². The average Bonchev–Trinajstić information content (AvgIpc) is 2.69. The maximum Gasteiger partial charge on any atom is 0.323 e. The Morgan fingerprint density at radius 1 is 1.03 bits per heavy atom. The lowest BCUT2D eigenvalue weighted by atomic mass is 9.92. The average molecular weight is 393 g/mol. The Morgan fingerprint density at radius 3 is 2.31 bits per heavy atom. The van der Waals surface area contributed by atoms with Gasteiger partial charge >= 0.3 is 5.97 Å². The molecule has 0 radical (unpaired) electrons. The lowest BCUT2D eigenvalue weighted by Crippen LogP contribution is -2.44. The third kappa shape index (κ3) is 4.71. The maximum atomic E-state index is 12.9. The van der Waals surface area contributed by atoms with Crippen LogP contribution >= 0.6 is 0 Å². The molecule has 0 saturated heterocycles. The second-order valence-electron chi connectivity index (χ2n) is 7.29. The van der Waals surface area contributed by atoms with E-state index in [9.17, 15) is 14.4 Å². The van der Waals surface area contributed by atoms with Gasteiger partial charge in [0.1, 0.15) is 12.3 Å². The molecule has 6 nitrogen and oxygen atoms in total. The number of aliphatic carboxylic acids is 1. The Kier molecular flexibility index (Phi) is 6.12. The van der Waals surface area contributed by atoms with E-state index in [4.69, 9.17) is 9.84 Å². The molecule has 150 valence electrons. The molecule has 0 aromatic heterocycles. The number of hydrogen-bond donors (Lipinski definition) is 1. The monoisotopic (exact) mass is 393 g/mol. The summed E-state index contributed by atoms with van der Waals surface area (Å²) in [4.78, 5) is 37.3. The number of rotatable bonds is 7. The van der Waals surface area contributed by atoms with Crippen molar-refractivity contribution in [3.05, 3.63) is 65.2 Å². The van der Waals surface area contributed by atoms with Crippen molar-refractivity contribution in [2.45, 2.75) is 20.3 Å². The van der Waals surface area contributed by atoms with Crippen molar-refractivity contribution in [1.82, 2.24) is 4.90 Å². The van der Waals surface area contributed by atoms with Crippen molar-refractivity contribution in [3.63, 3.8) is 0 Å². The summed E-state index contributed by atoms with van der Waals surface area (Å²) < 4.78 is 5.71. The predicted octanol–water partition coefficient (Wildman–Crippen LogP) is 3.72. The van der Waals surface area contributed by atoms with Crippen molar-refractivity contribution >= 4 is 29.4 Å². The second-order valence-corrected chi connectivity index (χ2v) is 7.29. The number of carbonyl (C=O) groups is 3. The Balaban J connectivity index is 1.90. The number of nitrogens with zero attached hydrogens (tertiary/aromatic N) is 1. The quantitative estimate of drug-likeness (QED) is 0.573. The molecule has 0 atom stereocenters. The van der Waals surface area contributed by atoms with Gasteiger partial charge in [-0.2, -0.15) is 0 Å². The molecule has 1 heterocycles. The van der Waals surface area contributed by atoms with Crippen LogP contribution in [0.3, 0.4) is 0 Å². The topological polar surface area (TPSA) is 83.9 Å². The molecule has 2 aromatic rings. The van der Waals surface area contributed by atoms with Crippen LogP contribution in [0, 0.1) is 5.92 Å². The summed E-state index contributed by atoms with van der Waals surface area (Å²) in [5, 5.41) is 9.08. The molecule has 2 amide bonds. The minimum absolute atomic E-state index is 0.287. The van der Waals surface area contributed by atoms with Crippen LogP contribution in [0.4, 0.5) is 0 Å². The zero-order valence-corrected chi connectivity index (χ0v) is 16.4. The van der Waals surface area contributed by atoms with Crippen molar-refractivity contribution in [1.29, 1.82) is 0 Å². The third-order valence-corrected chi connectivity index (χ3v) is 4.62. The molecule has 1 aliphatic heterocycles. The maximum absolute atomic E-state index is 12.9. The van der Waals surface area contributed by atoms with Crippen molar-refractivity contribution in [3.8, 4) is 5.75 Å². The predicted molar refractivity (Wildman–Crippen MR) is 109 cm³/mol. The van der Waals surface area contributed by atoms with Gasteiger partial charge in [0.25, 0.3) is 11.8 Å². The van der Waals surface area contributed by atoms with E-state index in [1.165, 1.54) is 0 Å². The zero-order chi connectivity index (χ0) is 21.0. The van der Waals surface area contributed by atoms with Gasteiger partial charge in [-0.05, 0) is 47.7 Å². The second kappa shape index (κ2) is 8.73. The summed E-state index contributed by atoms with van der Waals surface area (Å²) >= 11 is 0. The van der Waals surface area contributed by atoms with E-state index in [-0.39, 0.29) is 5.57 Å². The van der Waals surface area contributed by atoms with Gasteiger partial charge in [0.15, 0.2) is 0 Å². The molecule has 0 bridgehead atoms. The summed E-state index contributed by atoms with van der Waals surface area (Å²) in [6, 6.07) is 14.0. The van der Waals surface area contributed by atoms with Gasteiger partial charge in [0.2, 0.25) is 0 Å². The molecular weight excluding hydrogens is 370 g/mol. The number of imide groups is 1. The van der Waals surface area contributed by atoms with Crippen molar-refractivity contribution < 1.29 is 24.2 Å². The Morgan fingerprint density at radius 2 is 1.69 bits per heavy atom. The summed E-state index contributed by atoms with van der Waals surface area (Å²) in [6.45, 7) is 4.23. The van der Waals surface area contributed by atoms with Gasteiger partial charge in [-0.25, -0.2) is 0 Å². The lowest BCUT2D eigenvalue weighted by Gasteiger charge is -2.27. The molecule has 1 N–H and O–H groups in total. The van der Waals surface area contributed by atoms with E-state index in [1.54, 1.807) is 30.3 Å². The minimum Gasteiger partial charge on any atom is -0.494 e. The summed E-state index contributed by atoms with van der Waals surface area (Å²) in [5.41, 5.74) is 1.86. The molecular formula is C23H23NO5. The van der Waals surface area contributed by atoms with Gasteiger partial charge in [0.05, 0.1) is 6.61 Å². The summed E-state index contributed by atoms with van der Waals surface area (Å²) in [7, 11) is 0. The summed E-state index contributed by atoms with van der Waals surface area (Å²) in [5.74, 6) is -1.15. The van der Waals surface area contributed by atoms with Crippen LogP contribution in [0.25, 0.3) is 11.6 Å². The number of carbonyl (C=O) groups excluding carboxylic acids is 2. The lowest BCUT2D eigenvalue weighted by molar-refractivity contribution is -0.141.